The van der Waals surface area contributed by atoms with Crippen LogP contribution in [-0.2, 0) is 13.0 Å². The Bertz CT molecular complexity index is 1270. The van der Waals surface area contributed by atoms with Gasteiger partial charge in [0.15, 0.2) is 0 Å². The first-order valence-corrected chi connectivity index (χ1v) is 11.1. The Balaban J connectivity index is 1.46. The molecule has 6 nitrogen and oxygen atoms in total. The number of ether oxygens (including phenoxy) is 1. The minimum Gasteiger partial charge on any atom is -0.496 e. The summed E-state index contributed by atoms with van der Waals surface area (Å²) in [5.41, 5.74) is 4.72. The molecule has 1 aliphatic carbocycles. The van der Waals surface area contributed by atoms with Crippen molar-refractivity contribution in [2.75, 3.05) is 13.7 Å². The third-order valence-electron chi connectivity index (χ3n) is 7.19. The molecule has 6 heteroatoms. The second-order valence-corrected chi connectivity index (χ2v) is 9.05. The number of fused-ring (bicyclic) bond motifs is 4. The van der Waals surface area contributed by atoms with Crippen LogP contribution in [0.1, 0.15) is 41.0 Å². The van der Waals surface area contributed by atoms with Crippen LogP contribution in [0.15, 0.2) is 39.9 Å². The normalized spacial score (nSPS) is 22.4. The molecule has 3 atom stereocenters. The van der Waals surface area contributed by atoms with Gasteiger partial charge in [-0.2, -0.15) is 0 Å². The number of aromatic nitrogens is 2. The van der Waals surface area contributed by atoms with Gasteiger partial charge in [0.25, 0.3) is 5.56 Å². The quantitative estimate of drug-likeness (QED) is 0.682. The summed E-state index contributed by atoms with van der Waals surface area (Å²) < 4.78 is 6.97. The predicted molar refractivity (Wildman–Crippen MR) is 122 cm³/mol. The molecule has 162 valence electrons. The molecular formula is C25H29N3O3. The van der Waals surface area contributed by atoms with Crippen molar-refractivity contribution in [3.8, 4) is 5.75 Å². The number of methoxy groups -OCH3 is 1. The number of H-pyrrole nitrogens is 1. The highest BCUT2D eigenvalue weighted by Gasteiger charge is 2.40. The van der Waals surface area contributed by atoms with E-state index in [1.807, 2.05) is 32.0 Å². The van der Waals surface area contributed by atoms with Crippen LogP contribution in [0.5, 0.6) is 5.75 Å². The zero-order chi connectivity index (χ0) is 21.7. The van der Waals surface area contributed by atoms with Gasteiger partial charge in [-0.15, -0.1) is 0 Å². The zero-order valence-corrected chi connectivity index (χ0v) is 18.3. The molecule has 0 radical (unpaired) electrons. The van der Waals surface area contributed by atoms with Crippen LogP contribution in [0.2, 0.25) is 0 Å². The van der Waals surface area contributed by atoms with Crippen LogP contribution >= 0.6 is 0 Å². The smallest absolute Gasteiger partial charge is 0.328 e. The number of hydrogen-bond acceptors (Lipinski definition) is 4. The summed E-state index contributed by atoms with van der Waals surface area (Å²) in [4.78, 5) is 28.8. The Morgan fingerprint density at radius 2 is 2.03 bits per heavy atom. The largest absolute Gasteiger partial charge is 0.496 e. The van der Waals surface area contributed by atoms with Gasteiger partial charge in [-0.3, -0.25) is 9.36 Å². The molecule has 31 heavy (non-hydrogen) atoms. The number of rotatable bonds is 4. The van der Waals surface area contributed by atoms with E-state index >= 15 is 0 Å². The average Bonchev–Trinajstić information content (AvgIpc) is 3.17. The van der Waals surface area contributed by atoms with E-state index in [-0.39, 0.29) is 17.3 Å². The number of hydrogen-bond donors (Lipinski definition) is 2. The summed E-state index contributed by atoms with van der Waals surface area (Å²) in [6, 6.07) is 10.4. The zero-order valence-electron chi connectivity index (χ0n) is 18.3. The van der Waals surface area contributed by atoms with E-state index in [1.54, 1.807) is 7.11 Å². The lowest BCUT2D eigenvalue weighted by molar-refractivity contribution is 0.371. The van der Waals surface area contributed by atoms with Crippen LogP contribution in [0.3, 0.4) is 0 Å². The summed E-state index contributed by atoms with van der Waals surface area (Å²) in [6.07, 6.45) is 2.91. The van der Waals surface area contributed by atoms with Crippen molar-refractivity contribution in [2.45, 2.75) is 51.6 Å². The van der Waals surface area contributed by atoms with Crippen molar-refractivity contribution in [2.24, 2.45) is 5.92 Å². The van der Waals surface area contributed by atoms with Crippen LogP contribution in [0.4, 0.5) is 0 Å². The van der Waals surface area contributed by atoms with E-state index in [0.29, 0.717) is 29.3 Å². The van der Waals surface area contributed by atoms with Crippen molar-refractivity contribution in [3.05, 3.63) is 73.4 Å². The van der Waals surface area contributed by atoms with Gasteiger partial charge in [0.05, 0.1) is 18.0 Å². The van der Waals surface area contributed by atoms with Crippen molar-refractivity contribution in [3.63, 3.8) is 0 Å². The topological polar surface area (TPSA) is 76.1 Å². The maximum atomic E-state index is 13.1. The molecule has 0 amide bonds. The molecule has 1 unspecified atom stereocenters. The van der Waals surface area contributed by atoms with Crippen molar-refractivity contribution in [1.29, 1.82) is 0 Å². The highest BCUT2D eigenvalue weighted by molar-refractivity contribution is 5.81. The molecule has 3 aromatic rings. The Kier molecular flexibility index (Phi) is 4.97. The second-order valence-electron chi connectivity index (χ2n) is 9.05. The molecule has 2 aliphatic rings. The lowest BCUT2D eigenvalue weighted by Crippen LogP contribution is -2.38. The average molecular weight is 420 g/mol. The molecule has 1 aliphatic heterocycles. The number of nitrogens with zero attached hydrogens (tertiary/aromatic N) is 1. The summed E-state index contributed by atoms with van der Waals surface area (Å²) in [5, 5.41) is 4.26. The number of aromatic amines is 1. The lowest BCUT2D eigenvalue weighted by atomic mass is 9.73. The molecule has 2 aromatic carbocycles. The van der Waals surface area contributed by atoms with Gasteiger partial charge >= 0.3 is 5.69 Å². The fraction of sp³-hybridized carbons (Fsp3) is 0.440. The number of aryl methyl sites for hydroxylation is 2. The summed E-state index contributed by atoms with van der Waals surface area (Å²) in [7, 11) is 1.73. The Morgan fingerprint density at radius 3 is 2.84 bits per heavy atom. The first kappa shape index (κ1) is 20.1. The van der Waals surface area contributed by atoms with Gasteiger partial charge in [0, 0.05) is 18.5 Å². The highest BCUT2D eigenvalue weighted by atomic mass is 16.5. The molecule has 0 spiro atoms. The maximum Gasteiger partial charge on any atom is 0.328 e. The molecule has 0 bridgehead atoms. The van der Waals surface area contributed by atoms with Gasteiger partial charge in [-0.05, 0) is 80.0 Å². The first-order valence-electron chi connectivity index (χ1n) is 11.1. The van der Waals surface area contributed by atoms with Crippen molar-refractivity contribution in [1.82, 2.24) is 14.9 Å². The number of nitrogens with one attached hydrogen (secondary N) is 2. The molecule has 2 N–H and O–H groups in total. The molecule has 1 aromatic heterocycles. The SMILES string of the molecule is COc1cccc2c1CC[C@H]1CNC(CCn3c(=O)[nH]c4c(C)cc(C)cc4c3=O)[C@@H]21. The molecule has 0 saturated carbocycles. The van der Waals surface area contributed by atoms with Crippen LogP contribution < -0.4 is 21.3 Å². The second kappa shape index (κ2) is 7.68. The summed E-state index contributed by atoms with van der Waals surface area (Å²) >= 11 is 0. The van der Waals surface area contributed by atoms with E-state index in [2.05, 4.69) is 22.4 Å². The Labute approximate surface area is 181 Å². The monoisotopic (exact) mass is 419 g/mol. The standard InChI is InChI=1S/C25H29N3O3/c1-14-11-15(2)23-19(12-14)24(29)28(25(30)27-23)10-9-20-22-16(13-26-20)7-8-17-18(22)5-4-6-21(17)31-3/h4-6,11-12,16,20,22,26H,7-10,13H2,1-3H3,(H,27,30)/t16-,20?,22+/m0/s1. The fourth-order valence-electron chi connectivity index (χ4n) is 5.79. The van der Waals surface area contributed by atoms with Crippen LogP contribution in [0.25, 0.3) is 10.9 Å². The highest BCUT2D eigenvalue weighted by Crippen LogP contribution is 2.45. The van der Waals surface area contributed by atoms with E-state index < -0.39 is 0 Å². The van der Waals surface area contributed by atoms with E-state index in [9.17, 15) is 9.59 Å². The minimum atomic E-state index is -0.329. The van der Waals surface area contributed by atoms with E-state index in [1.165, 1.54) is 15.7 Å². The van der Waals surface area contributed by atoms with Gasteiger partial charge in [0.1, 0.15) is 5.75 Å². The van der Waals surface area contributed by atoms with Crippen LogP contribution in [0, 0.1) is 19.8 Å². The fourth-order valence-corrected chi connectivity index (χ4v) is 5.79. The molecular weight excluding hydrogens is 390 g/mol. The van der Waals surface area contributed by atoms with Gasteiger partial charge in [-0.25, -0.2) is 4.79 Å². The van der Waals surface area contributed by atoms with E-state index in [4.69, 9.17) is 4.74 Å². The molecule has 1 fully saturated rings. The predicted octanol–water partition coefficient (Wildman–Crippen LogP) is 3.02. The molecule has 5 rings (SSSR count). The van der Waals surface area contributed by atoms with Gasteiger partial charge in [0.2, 0.25) is 0 Å². The van der Waals surface area contributed by atoms with Gasteiger partial charge < -0.3 is 15.0 Å². The molecule has 2 heterocycles. The Hall–Kier alpha value is -2.86. The minimum absolute atomic E-state index is 0.203. The number of benzene rings is 2. The van der Waals surface area contributed by atoms with Crippen LogP contribution in [-0.4, -0.2) is 29.2 Å². The molecule has 1 saturated heterocycles. The van der Waals surface area contributed by atoms with Crippen molar-refractivity contribution < 1.29 is 4.74 Å². The van der Waals surface area contributed by atoms with Gasteiger partial charge in [-0.1, -0.05) is 18.2 Å². The lowest BCUT2D eigenvalue weighted by Gasteiger charge is -2.32. The first-order chi connectivity index (χ1) is 15.0. The summed E-state index contributed by atoms with van der Waals surface area (Å²) in [5.74, 6) is 1.94. The third kappa shape index (κ3) is 3.30. The van der Waals surface area contributed by atoms with Crippen molar-refractivity contribution >= 4 is 10.9 Å². The third-order valence-corrected chi connectivity index (χ3v) is 7.19. The van der Waals surface area contributed by atoms with E-state index in [0.717, 1.165) is 42.7 Å². The summed E-state index contributed by atoms with van der Waals surface area (Å²) in [6.45, 7) is 5.27. The maximum absolute atomic E-state index is 13.1. The Morgan fingerprint density at radius 1 is 1.19 bits per heavy atom.